The first-order valence-corrected chi connectivity index (χ1v) is 4.88. The van der Waals surface area contributed by atoms with Crippen LogP contribution >= 0.6 is 0 Å². The van der Waals surface area contributed by atoms with Crippen LogP contribution in [0, 0.1) is 0 Å². The zero-order chi connectivity index (χ0) is 12.1. The van der Waals surface area contributed by atoms with Gasteiger partial charge < -0.3 is 16.3 Å². The molecule has 0 aliphatic rings. The summed E-state index contributed by atoms with van der Waals surface area (Å²) in [6, 6.07) is 10.5. The molecule has 0 atom stereocenters. The van der Waals surface area contributed by atoms with Crippen LogP contribution < -0.4 is 16.3 Å². The minimum Gasteiger partial charge on any atom is -0.457 e. The first kappa shape index (κ1) is 10.9. The van der Waals surface area contributed by atoms with E-state index in [0.29, 0.717) is 23.0 Å². The van der Waals surface area contributed by atoms with Crippen LogP contribution in [0.5, 0.6) is 11.5 Å². The van der Waals surface area contributed by atoms with E-state index in [-0.39, 0.29) is 0 Å². The van der Waals surface area contributed by atoms with E-state index in [1.807, 2.05) is 6.07 Å². The molecule has 0 saturated heterocycles. The minimum absolute atomic E-state index is 0.383. The Kier molecular flexibility index (Phi) is 3.15. The second kappa shape index (κ2) is 4.93. The summed E-state index contributed by atoms with van der Waals surface area (Å²) in [5, 5.41) is 6.77. The SMILES string of the molecule is NN=Nc1cc(Oc2cccc(N)c2)ccn1. The van der Waals surface area contributed by atoms with Crippen molar-refractivity contribution >= 4 is 11.5 Å². The van der Waals surface area contributed by atoms with Gasteiger partial charge in [0, 0.05) is 24.0 Å². The number of hydrogen-bond donors (Lipinski definition) is 2. The molecule has 2 aromatic rings. The summed E-state index contributed by atoms with van der Waals surface area (Å²) in [5.41, 5.74) is 6.28. The smallest absolute Gasteiger partial charge is 0.179 e. The minimum atomic E-state index is 0.383. The van der Waals surface area contributed by atoms with E-state index in [1.54, 1.807) is 36.5 Å². The Bertz CT molecular complexity index is 541. The normalized spacial score (nSPS) is 10.6. The Hall–Kier alpha value is -2.63. The number of pyridine rings is 1. The summed E-state index contributed by atoms with van der Waals surface area (Å²) in [4.78, 5) is 3.94. The molecule has 1 heterocycles. The molecule has 0 spiro atoms. The molecule has 6 nitrogen and oxygen atoms in total. The van der Waals surface area contributed by atoms with Gasteiger partial charge in [-0.15, -0.1) is 5.11 Å². The number of aromatic nitrogens is 1. The lowest BCUT2D eigenvalue weighted by Crippen LogP contribution is -1.88. The standard InChI is InChI=1S/C11H11N5O/c12-8-2-1-3-9(6-8)17-10-4-5-14-11(7-10)15-16-13/h1-7H,12H2,(H2,13,14,15). The van der Waals surface area contributed by atoms with Crippen LogP contribution in [0.15, 0.2) is 52.9 Å². The number of hydrogen-bond acceptors (Lipinski definition) is 5. The summed E-state index contributed by atoms with van der Waals surface area (Å²) < 4.78 is 5.58. The van der Waals surface area contributed by atoms with Crippen molar-refractivity contribution in [3.8, 4) is 11.5 Å². The van der Waals surface area contributed by atoms with Crippen molar-refractivity contribution in [1.29, 1.82) is 0 Å². The van der Waals surface area contributed by atoms with E-state index in [4.69, 9.17) is 16.3 Å². The second-order valence-electron chi connectivity index (χ2n) is 3.24. The predicted octanol–water partition coefficient (Wildman–Crippen LogP) is 2.41. The van der Waals surface area contributed by atoms with Crippen LogP contribution in [0.1, 0.15) is 0 Å². The van der Waals surface area contributed by atoms with E-state index < -0.39 is 0 Å². The van der Waals surface area contributed by atoms with Gasteiger partial charge in [0.1, 0.15) is 11.5 Å². The van der Waals surface area contributed by atoms with Crippen LogP contribution in [-0.4, -0.2) is 4.98 Å². The summed E-state index contributed by atoms with van der Waals surface area (Å²) in [6.07, 6.45) is 1.56. The van der Waals surface area contributed by atoms with Crippen molar-refractivity contribution in [2.24, 2.45) is 16.2 Å². The van der Waals surface area contributed by atoms with Gasteiger partial charge in [0.05, 0.1) is 0 Å². The van der Waals surface area contributed by atoms with Crippen molar-refractivity contribution in [1.82, 2.24) is 4.98 Å². The maximum absolute atomic E-state index is 5.65. The molecule has 1 aromatic heterocycles. The van der Waals surface area contributed by atoms with E-state index >= 15 is 0 Å². The van der Waals surface area contributed by atoms with Crippen LogP contribution in [0.4, 0.5) is 11.5 Å². The van der Waals surface area contributed by atoms with Crippen LogP contribution in [0.2, 0.25) is 0 Å². The Labute approximate surface area is 97.9 Å². The first-order chi connectivity index (χ1) is 8.28. The summed E-state index contributed by atoms with van der Waals surface area (Å²) in [6.45, 7) is 0. The van der Waals surface area contributed by atoms with E-state index in [1.165, 1.54) is 0 Å². The van der Waals surface area contributed by atoms with Crippen molar-refractivity contribution in [3.05, 3.63) is 42.6 Å². The number of nitrogen functional groups attached to an aromatic ring is 1. The molecule has 2 rings (SSSR count). The maximum atomic E-state index is 5.65. The molecule has 4 N–H and O–H groups in total. The molecule has 0 fully saturated rings. The molecule has 86 valence electrons. The van der Waals surface area contributed by atoms with Crippen molar-refractivity contribution in [2.75, 3.05) is 5.73 Å². The Morgan fingerprint density at radius 2 is 1.94 bits per heavy atom. The van der Waals surface area contributed by atoms with Gasteiger partial charge in [-0.05, 0) is 18.2 Å². The quantitative estimate of drug-likeness (QED) is 0.365. The Morgan fingerprint density at radius 3 is 2.71 bits per heavy atom. The molecule has 0 saturated carbocycles. The van der Waals surface area contributed by atoms with Gasteiger partial charge in [0.15, 0.2) is 5.82 Å². The molecule has 6 heteroatoms. The monoisotopic (exact) mass is 229 g/mol. The third kappa shape index (κ3) is 2.91. The molecular weight excluding hydrogens is 218 g/mol. The van der Waals surface area contributed by atoms with Gasteiger partial charge in [0.2, 0.25) is 0 Å². The summed E-state index contributed by atoms with van der Waals surface area (Å²) >= 11 is 0. The Morgan fingerprint density at radius 1 is 1.12 bits per heavy atom. The maximum Gasteiger partial charge on any atom is 0.179 e. The fourth-order valence-corrected chi connectivity index (χ4v) is 1.29. The lowest BCUT2D eigenvalue weighted by molar-refractivity contribution is 0.482. The van der Waals surface area contributed by atoms with E-state index in [0.717, 1.165) is 0 Å². The largest absolute Gasteiger partial charge is 0.457 e. The highest BCUT2D eigenvalue weighted by molar-refractivity contribution is 5.46. The molecule has 0 aliphatic carbocycles. The lowest BCUT2D eigenvalue weighted by Gasteiger charge is -2.05. The molecular formula is C11H11N5O. The molecule has 0 radical (unpaired) electrons. The predicted molar refractivity (Wildman–Crippen MR) is 63.9 cm³/mol. The van der Waals surface area contributed by atoms with Crippen LogP contribution in [0.25, 0.3) is 0 Å². The van der Waals surface area contributed by atoms with E-state index in [2.05, 4.69) is 15.3 Å². The molecule has 0 bridgehead atoms. The first-order valence-electron chi connectivity index (χ1n) is 4.88. The average molecular weight is 229 g/mol. The highest BCUT2D eigenvalue weighted by Gasteiger charge is 1.99. The average Bonchev–Trinajstić information content (AvgIpc) is 2.30. The van der Waals surface area contributed by atoms with Gasteiger partial charge in [-0.25, -0.2) is 4.98 Å². The highest BCUT2D eigenvalue weighted by atomic mass is 16.5. The number of nitrogens with zero attached hydrogens (tertiary/aromatic N) is 3. The lowest BCUT2D eigenvalue weighted by atomic mass is 10.3. The number of rotatable bonds is 3. The van der Waals surface area contributed by atoms with Gasteiger partial charge in [-0.2, -0.15) is 0 Å². The van der Waals surface area contributed by atoms with Crippen LogP contribution in [-0.2, 0) is 0 Å². The number of nitrogens with two attached hydrogens (primary N) is 2. The number of ether oxygens (including phenoxy) is 1. The zero-order valence-corrected chi connectivity index (χ0v) is 8.95. The van der Waals surface area contributed by atoms with Crippen molar-refractivity contribution in [2.45, 2.75) is 0 Å². The van der Waals surface area contributed by atoms with Crippen LogP contribution in [0.3, 0.4) is 0 Å². The molecule has 0 unspecified atom stereocenters. The van der Waals surface area contributed by atoms with Gasteiger partial charge in [-0.1, -0.05) is 11.3 Å². The van der Waals surface area contributed by atoms with E-state index in [9.17, 15) is 0 Å². The second-order valence-corrected chi connectivity index (χ2v) is 3.24. The third-order valence-electron chi connectivity index (χ3n) is 1.97. The number of anilines is 1. The molecule has 0 aliphatic heterocycles. The Balaban J connectivity index is 2.21. The van der Waals surface area contributed by atoms with Gasteiger partial charge in [0.25, 0.3) is 0 Å². The fraction of sp³-hybridized carbons (Fsp3) is 0. The topological polar surface area (TPSA) is 98.9 Å². The summed E-state index contributed by atoms with van der Waals surface area (Å²) in [5.74, 6) is 6.56. The zero-order valence-electron chi connectivity index (χ0n) is 8.95. The molecule has 1 aromatic carbocycles. The van der Waals surface area contributed by atoms with Gasteiger partial charge >= 0.3 is 0 Å². The molecule has 0 amide bonds. The number of benzene rings is 1. The van der Waals surface area contributed by atoms with Crippen molar-refractivity contribution < 1.29 is 4.74 Å². The third-order valence-corrected chi connectivity index (χ3v) is 1.97. The summed E-state index contributed by atoms with van der Waals surface area (Å²) in [7, 11) is 0. The highest BCUT2D eigenvalue weighted by Crippen LogP contribution is 2.24. The van der Waals surface area contributed by atoms with Gasteiger partial charge in [-0.3, -0.25) is 0 Å². The molecule has 17 heavy (non-hydrogen) atoms. The fourth-order valence-electron chi connectivity index (χ4n) is 1.29. The van der Waals surface area contributed by atoms with Crippen molar-refractivity contribution in [3.63, 3.8) is 0 Å².